The second kappa shape index (κ2) is 12.5. The van der Waals surface area contributed by atoms with E-state index in [1.165, 1.54) is 12.1 Å². The van der Waals surface area contributed by atoms with Gasteiger partial charge in [-0.3, -0.25) is 9.89 Å². The molecule has 2 aromatic carbocycles. The molecule has 0 saturated heterocycles. The van der Waals surface area contributed by atoms with Crippen molar-refractivity contribution in [2.75, 3.05) is 25.1 Å². The maximum Gasteiger partial charge on any atom is 0.420 e. The summed E-state index contributed by atoms with van der Waals surface area (Å²) in [6, 6.07) is 4.60. The topological polar surface area (TPSA) is 77.2 Å². The molecule has 212 valence electrons. The van der Waals surface area contributed by atoms with Crippen LogP contribution in [-0.2, 0) is 17.1 Å². The molecule has 1 amide bonds. The number of anilines is 1. The molecule has 0 heterocycles. The zero-order valence-corrected chi connectivity index (χ0v) is 20.8. The highest BCUT2D eigenvalue weighted by molar-refractivity contribution is 6.11. The van der Waals surface area contributed by atoms with Gasteiger partial charge in [0, 0.05) is 36.3 Å². The Balaban J connectivity index is 1.98. The lowest BCUT2D eigenvalue weighted by molar-refractivity contribution is -0.143. The molecule has 0 unspecified atom stereocenters. The Labute approximate surface area is 219 Å². The van der Waals surface area contributed by atoms with Gasteiger partial charge in [-0.2, -0.15) is 26.3 Å². The first kappa shape index (κ1) is 29.9. The number of carbonyl (C=O) groups excluding carboxylic acids is 1. The maximum atomic E-state index is 14.0. The van der Waals surface area contributed by atoms with E-state index >= 15 is 0 Å². The van der Waals surface area contributed by atoms with Gasteiger partial charge in [0.2, 0.25) is 0 Å². The Morgan fingerprint density at radius 1 is 1.08 bits per heavy atom. The number of allylic oxidation sites excluding steroid dienone is 1. The normalized spacial score (nSPS) is 15.2. The van der Waals surface area contributed by atoms with Crippen molar-refractivity contribution in [2.24, 2.45) is 10.7 Å². The lowest BCUT2D eigenvalue weighted by Gasteiger charge is -2.22. The van der Waals surface area contributed by atoms with Gasteiger partial charge in [0.15, 0.2) is 5.75 Å². The molecule has 0 spiro atoms. The van der Waals surface area contributed by atoms with E-state index < -0.39 is 46.7 Å². The van der Waals surface area contributed by atoms with E-state index in [2.05, 4.69) is 4.99 Å². The molecule has 0 atom stereocenters. The fourth-order valence-corrected chi connectivity index (χ4v) is 3.95. The first-order valence-corrected chi connectivity index (χ1v) is 11.9. The fourth-order valence-electron chi connectivity index (χ4n) is 3.95. The van der Waals surface area contributed by atoms with E-state index in [9.17, 15) is 35.5 Å². The van der Waals surface area contributed by atoms with E-state index in [0.717, 1.165) is 62.2 Å². The number of carbonyl (C=O) groups is 1. The number of hydrogen-bond donors (Lipinski definition) is 1. The number of benzene rings is 2. The summed E-state index contributed by atoms with van der Waals surface area (Å²) in [5, 5.41) is 0. The van der Waals surface area contributed by atoms with Gasteiger partial charge < -0.3 is 15.2 Å². The van der Waals surface area contributed by atoms with E-state index in [0.29, 0.717) is 6.07 Å². The van der Waals surface area contributed by atoms with E-state index in [1.807, 2.05) is 0 Å². The highest BCUT2D eigenvalue weighted by Crippen LogP contribution is 2.44. The van der Waals surface area contributed by atoms with Gasteiger partial charge >= 0.3 is 18.4 Å². The van der Waals surface area contributed by atoms with Gasteiger partial charge in [-0.05, 0) is 49.2 Å². The average Bonchev–Trinajstić information content (AvgIpc) is 3.39. The Morgan fingerprint density at radius 3 is 2.28 bits per heavy atom. The second-order valence-corrected chi connectivity index (χ2v) is 8.73. The van der Waals surface area contributed by atoms with Crippen LogP contribution in [0.5, 0.6) is 5.75 Å². The van der Waals surface area contributed by atoms with Crippen molar-refractivity contribution in [1.82, 2.24) is 0 Å². The van der Waals surface area contributed by atoms with Crippen molar-refractivity contribution in [3.8, 4) is 5.75 Å². The third kappa shape index (κ3) is 7.94. The predicted molar refractivity (Wildman–Crippen MR) is 131 cm³/mol. The van der Waals surface area contributed by atoms with Crippen LogP contribution >= 0.6 is 0 Å². The molecule has 0 aliphatic heterocycles. The number of halogens is 7. The van der Waals surface area contributed by atoms with Crippen molar-refractivity contribution < 1.29 is 45.0 Å². The summed E-state index contributed by atoms with van der Waals surface area (Å²) in [4.78, 5) is 17.6. The maximum absolute atomic E-state index is 14.0. The number of amides is 1. The van der Waals surface area contributed by atoms with Crippen LogP contribution in [0.2, 0.25) is 0 Å². The molecule has 0 radical (unpaired) electrons. The molecule has 2 N–H and O–H groups in total. The molecular formula is C26H26F7N3O3. The molecule has 1 aliphatic carbocycles. The van der Waals surface area contributed by atoms with E-state index in [1.54, 1.807) is 0 Å². The summed E-state index contributed by atoms with van der Waals surface area (Å²) in [7, 11) is 1.14. The predicted octanol–water partition coefficient (Wildman–Crippen LogP) is 6.83. The highest BCUT2D eigenvalue weighted by Gasteiger charge is 2.41. The van der Waals surface area contributed by atoms with Gasteiger partial charge in [-0.1, -0.05) is 12.8 Å². The quantitative estimate of drug-likeness (QED) is 0.218. The van der Waals surface area contributed by atoms with Crippen LogP contribution in [0.4, 0.5) is 41.2 Å². The molecular weight excluding hydrogens is 535 g/mol. The molecule has 0 aromatic heterocycles. The molecule has 39 heavy (non-hydrogen) atoms. The molecule has 1 saturated carbocycles. The van der Waals surface area contributed by atoms with Crippen LogP contribution in [0.25, 0.3) is 5.57 Å². The molecule has 0 bridgehead atoms. The molecule has 3 rings (SSSR count). The summed E-state index contributed by atoms with van der Waals surface area (Å²) in [6.07, 6.45) is -6.12. The van der Waals surface area contributed by atoms with E-state index in [-0.39, 0.29) is 36.6 Å². The summed E-state index contributed by atoms with van der Waals surface area (Å²) in [5.41, 5.74) is 1.06. The molecule has 2 aromatic rings. The van der Waals surface area contributed by atoms with Crippen molar-refractivity contribution in [1.29, 1.82) is 0 Å². The number of nitrogens with two attached hydrogens (primary N) is 1. The van der Waals surface area contributed by atoms with Crippen LogP contribution in [0.3, 0.4) is 0 Å². The number of alkyl halides is 6. The standard InChI is InChI=1S/C26H26F7N3O3/c1-36(19-8-6-18(27)7-9-19)24(37)39-23-21(12-17(25(28,29)30)13-22(23)26(31,32)33)16(14-34)15-35-10-11-38-20-4-2-3-5-20/h6-9,12-15,20H,2-5,10-11,34H2,1H3/b16-14+,35-15?. The SMILES string of the molecule is CN(C(=O)Oc1c(/C(C=NCCOC2CCCC2)=C/N)cc(C(F)(F)F)cc1C(F)(F)F)c1ccc(F)cc1. The second-order valence-electron chi connectivity index (χ2n) is 8.73. The monoisotopic (exact) mass is 561 g/mol. The minimum Gasteiger partial charge on any atom is -0.409 e. The van der Waals surface area contributed by atoms with Crippen molar-refractivity contribution in [2.45, 2.75) is 44.1 Å². The minimum atomic E-state index is -5.34. The van der Waals surface area contributed by atoms with Crippen LogP contribution in [0.15, 0.2) is 47.6 Å². The van der Waals surface area contributed by atoms with Crippen molar-refractivity contribution >= 4 is 23.6 Å². The Kier molecular flexibility index (Phi) is 9.59. The van der Waals surface area contributed by atoms with E-state index in [4.69, 9.17) is 15.2 Å². The minimum absolute atomic E-state index is 0.0573. The Bertz CT molecular complexity index is 1200. The van der Waals surface area contributed by atoms with Crippen LogP contribution in [-0.4, -0.2) is 38.6 Å². The first-order valence-electron chi connectivity index (χ1n) is 11.9. The van der Waals surface area contributed by atoms with Gasteiger partial charge in [0.1, 0.15) is 5.82 Å². The molecule has 13 heteroatoms. The molecule has 6 nitrogen and oxygen atoms in total. The number of hydrogen-bond acceptors (Lipinski definition) is 5. The van der Waals surface area contributed by atoms with Crippen molar-refractivity contribution in [3.05, 3.63) is 65.1 Å². The third-order valence-electron chi connectivity index (χ3n) is 6.00. The zero-order chi connectivity index (χ0) is 28.8. The Hall–Kier alpha value is -3.61. The smallest absolute Gasteiger partial charge is 0.409 e. The van der Waals surface area contributed by atoms with Crippen LogP contribution in [0, 0.1) is 5.82 Å². The first-order chi connectivity index (χ1) is 18.3. The Morgan fingerprint density at radius 2 is 1.72 bits per heavy atom. The van der Waals surface area contributed by atoms with Gasteiger partial charge in [-0.15, -0.1) is 0 Å². The van der Waals surface area contributed by atoms with Gasteiger partial charge in [0.05, 0.1) is 30.4 Å². The largest absolute Gasteiger partial charge is 0.420 e. The van der Waals surface area contributed by atoms with Crippen molar-refractivity contribution in [3.63, 3.8) is 0 Å². The van der Waals surface area contributed by atoms with Gasteiger partial charge in [-0.25, -0.2) is 9.18 Å². The third-order valence-corrected chi connectivity index (χ3v) is 6.00. The molecule has 1 aliphatic rings. The lowest BCUT2D eigenvalue weighted by Crippen LogP contribution is -2.30. The number of ether oxygens (including phenoxy) is 2. The highest BCUT2D eigenvalue weighted by atomic mass is 19.4. The number of rotatable bonds is 8. The van der Waals surface area contributed by atoms with Gasteiger partial charge in [0.25, 0.3) is 0 Å². The summed E-state index contributed by atoms with van der Waals surface area (Å²) < 4.78 is 106. The number of aliphatic imine (C=N–C) groups is 1. The summed E-state index contributed by atoms with van der Waals surface area (Å²) in [5.74, 6) is -1.82. The van der Waals surface area contributed by atoms with Crippen LogP contribution < -0.4 is 15.4 Å². The fraction of sp³-hybridized carbons (Fsp3) is 0.385. The lowest BCUT2D eigenvalue weighted by atomic mass is 9.98. The van der Waals surface area contributed by atoms with Crippen LogP contribution in [0.1, 0.15) is 42.4 Å². The number of nitrogens with zero attached hydrogens (tertiary/aromatic N) is 2. The average molecular weight is 561 g/mol. The zero-order valence-electron chi connectivity index (χ0n) is 20.8. The molecule has 1 fully saturated rings. The summed E-state index contributed by atoms with van der Waals surface area (Å²) >= 11 is 0. The summed E-state index contributed by atoms with van der Waals surface area (Å²) in [6.45, 7) is 0.265.